The SMILES string of the molecule is CC(C)(NN)C(F)(F)F.Cl. The van der Waals surface area contributed by atoms with Gasteiger partial charge in [-0.25, -0.2) is 5.43 Å². The van der Waals surface area contributed by atoms with Crippen molar-refractivity contribution < 1.29 is 13.2 Å². The molecule has 0 spiro atoms. The van der Waals surface area contributed by atoms with Gasteiger partial charge in [-0.15, -0.1) is 12.4 Å². The van der Waals surface area contributed by atoms with Gasteiger partial charge < -0.3 is 0 Å². The lowest BCUT2D eigenvalue weighted by atomic mass is 10.1. The fourth-order valence-corrected chi connectivity index (χ4v) is 0.0818. The summed E-state index contributed by atoms with van der Waals surface area (Å²) in [5.41, 5.74) is -0.337. The molecule has 0 saturated carbocycles. The lowest BCUT2D eigenvalue weighted by molar-refractivity contribution is -0.186. The number of alkyl halides is 3. The molecular weight excluding hydrogens is 169 g/mol. The molecule has 0 rings (SSSR count). The first-order valence-corrected chi connectivity index (χ1v) is 2.36. The van der Waals surface area contributed by atoms with Gasteiger partial charge in [-0.3, -0.25) is 5.84 Å². The summed E-state index contributed by atoms with van der Waals surface area (Å²) in [4.78, 5) is 0. The van der Waals surface area contributed by atoms with Crippen LogP contribution in [-0.4, -0.2) is 11.7 Å². The Labute approximate surface area is 63.3 Å². The number of nitrogens with two attached hydrogens (primary N) is 1. The van der Waals surface area contributed by atoms with E-state index in [9.17, 15) is 13.2 Å². The quantitative estimate of drug-likeness (QED) is 0.468. The molecule has 0 unspecified atom stereocenters. The minimum Gasteiger partial charge on any atom is -0.271 e. The van der Waals surface area contributed by atoms with E-state index in [-0.39, 0.29) is 12.4 Å². The van der Waals surface area contributed by atoms with Crippen molar-refractivity contribution in [2.24, 2.45) is 5.84 Å². The highest BCUT2D eigenvalue weighted by atomic mass is 35.5. The van der Waals surface area contributed by atoms with E-state index in [0.29, 0.717) is 0 Å². The molecule has 0 radical (unpaired) electrons. The van der Waals surface area contributed by atoms with Crippen LogP contribution in [0.4, 0.5) is 13.2 Å². The van der Waals surface area contributed by atoms with E-state index in [1.54, 1.807) is 5.43 Å². The summed E-state index contributed by atoms with van der Waals surface area (Å²) in [7, 11) is 0. The highest BCUT2D eigenvalue weighted by Crippen LogP contribution is 2.28. The molecular formula is C4H10ClF3N2. The second kappa shape index (κ2) is 3.41. The second-order valence-electron chi connectivity index (χ2n) is 2.27. The number of hydrazine groups is 1. The molecule has 0 aromatic heterocycles. The summed E-state index contributed by atoms with van der Waals surface area (Å²) >= 11 is 0. The summed E-state index contributed by atoms with van der Waals surface area (Å²) in [6.45, 7) is 1.93. The van der Waals surface area contributed by atoms with Gasteiger partial charge in [0.2, 0.25) is 0 Å². The number of hydrogen-bond donors (Lipinski definition) is 2. The van der Waals surface area contributed by atoms with Crippen LogP contribution in [0, 0.1) is 0 Å². The summed E-state index contributed by atoms with van der Waals surface area (Å²) in [5, 5.41) is 0. The van der Waals surface area contributed by atoms with Crippen LogP contribution in [-0.2, 0) is 0 Å². The molecule has 0 aromatic rings. The van der Waals surface area contributed by atoms with Gasteiger partial charge in [0.05, 0.1) is 0 Å². The highest BCUT2D eigenvalue weighted by molar-refractivity contribution is 5.85. The van der Waals surface area contributed by atoms with Crippen LogP contribution in [0.15, 0.2) is 0 Å². The third-order valence-electron chi connectivity index (χ3n) is 1.07. The normalized spacial score (nSPS) is 12.6. The number of hydrogen-bond acceptors (Lipinski definition) is 2. The standard InChI is InChI=1S/C4H9F3N2.ClH/c1-3(2,9-8)4(5,6)7;/h9H,8H2,1-2H3;1H. The smallest absolute Gasteiger partial charge is 0.271 e. The van der Waals surface area contributed by atoms with E-state index in [1.807, 2.05) is 0 Å². The Morgan fingerprint density at radius 2 is 1.50 bits per heavy atom. The van der Waals surface area contributed by atoms with Gasteiger partial charge in [0.1, 0.15) is 5.54 Å². The van der Waals surface area contributed by atoms with E-state index in [2.05, 4.69) is 5.84 Å². The summed E-state index contributed by atoms with van der Waals surface area (Å²) < 4.78 is 35.1. The Hall–Kier alpha value is -0.0000000000000000555. The molecule has 0 fully saturated rings. The molecule has 2 nitrogen and oxygen atoms in total. The zero-order valence-corrected chi connectivity index (χ0v) is 6.44. The van der Waals surface area contributed by atoms with Crippen LogP contribution in [0.3, 0.4) is 0 Å². The van der Waals surface area contributed by atoms with Crippen molar-refractivity contribution in [3.63, 3.8) is 0 Å². The van der Waals surface area contributed by atoms with Crippen LogP contribution < -0.4 is 11.3 Å². The van der Waals surface area contributed by atoms with E-state index in [4.69, 9.17) is 0 Å². The van der Waals surface area contributed by atoms with Crippen LogP contribution in [0.5, 0.6) is 0 Å². The first kappa shape index (κ1) is 12.7. The van der Waals surface area contributed by atoms with E-state index < -0.39 is 11.7 Å². The Bertz CT molecular complexity index is 101. The van der Waals surface area contributed by atoms with E-state index >= 15 is 0 Å². The highest BCUT2D eigenvalue weighted by Gasteiger charge is 2.46. The lowest BCUT2D eigenvalue weighted by Crippen LogP contribution is -2.55. The molecule has 0 atom stereocenters. The third-order valence-corrected chi connectivity index (χ3v) is 1.07. The molecule has 0 bridgehead atoms. The summed E-state index contributed by atoms with van der Waals surface area (Å²) in [6, 6.07) is 0. The van der Waals surface area contributed by atoms with E-state index in [1.165, 1.54) is 0 Å². The number of halogens is 4. The van der Waals surface area contributed by atoms with Crippen molar-refractivity contribution in [3.8, 4) is 0 Å². The Balaban J connectivity index is 0. The second-order valence-corrected chi connectivity index (χ2v) is 2.27. The molecule has 6 heteroatoms. The zero-order chi connectivity index (χ0) is 7.71. The molecule has 64 valence electrons. The van der Waals surface area contributed by atoms with Gasteiger partial charge in [-0.05, 0) is 13.8 Å². The topological polar surface area (TPSA) is 38.0 Å². The molecule has 0 aliphatic carbocycles. The zero-order valence-electron chi connectivity index (χ0n) is 5.62. The fourth-order valence-electron chi connectivity index (χ4n) is 0.0818. The molecule has 0 aliphatic heterocycles. The monoisotopic (exact) mass is 178 g/mol. The minimum atomic E-state index is -4.29. The average Bonchev–Trinajstić information content (AvgIpc) is 1.64. The molecule has 10 heavy (non-hydrogen) atoms. The molecule has 3 N–H and O–H groups in total. The van der Waals surface area contributed by atoms with Gasteiger partial charge in [-0.2, -0.15) is 13.2 Å². The Morgan fingerprint density at radius 1 is 1.20 bits per heavy atom. The van der Waals surface area contributed by atoms with Crippen molar-refractivity contribution in [2.75, 3.05) is 0 Å². The van der Waals surface area contributed by atoms with Crippen molar-refractivity contribution in [1.29, 1.82) is 0 Å². The first-order valence-electron chi connectivity index (χ1n) is 2.36. The molecule has 0 amide bonds. The summed E-state index contributed by atoms with van der Waals surface area (Å²) in [6.07, 6.45) is -4.29. The average molecular weight is 179 g/mol. The molecule has 0 aromatic carbocycles. The van der Waals surface area contributed by atoms with Crippen LogP contribution >= 0.6 is 12.4 Å². The van der Waals surface area contributed by atoms with Gasteiger partial charge in [0.25, 0.3) is 0 Å². The largest absolute Gasteiger partial charge is 0.407 e. The molecule has 0 saturated heterocycles. The van der Waals surface area contributed by atoms with Crippen LogP contribution in [0.1, 0.15) is 13.8 Å². The van der Waals surface area contributed by atoms with Crippen LogP contribution in [0.25, 0.3) is 0 Å². The maximum absolute atomic E-state index is 11.7. The predicted molar refractivity (Wildman–Crippen MR) is 34.7 cm³/mol. The Morgan fingerprint density at radius 3 is 1.50 bits per heavy atom. The van der Waals surface area contributed by atoms with Crippen molar-refractivity contribution in [1.82, 2.24) is 5.43 Å². The van der Waals surface area contributed by atoms with Crippen molar-refractivity contribution >= 4 is 12.4 Å². The van der Waals surface area contributed by atoms with Gasteiger partial charge in [-0.1, -0.05) is 0 Å². The van der Waals surface area contributed by atoms with Gasteiger partial charge >= 0.3 is 6.18 Å². The maximum atomic E-state index is 11.7. The van der Waals surface area contributed by atoms with E-state index in [0.717, 1.165) is 13.8 Å². The molecule has 0 aliphatic rings. The van der Waals surface area contributed by atoms with Crippen LogP contribution in [0.2, 0.25) is 0 Å². The van der Waals surface area contributed by atoms with Gasteiger partial charge in [0.15, 0.2) is 0 Å². The first-order chi connectivity index (χ1) is 3.81. The van der Waals surface area contributed by atoms with Gasteiger partial charge in [0, 0.05) is 0 Å². The van der Waals surface area contributed by atoms with Crippen molar-refractivity contribution in [2.45, 2.75) is 25.6 Å². The van der Waals surface area contributed by atoms with Crippen molar-refractivity contribution in [3.05, 3.63) is 0 Å². The minimum absolute atomic E-state index is 0. The predicted octanol–water partition coefficient (Wildman–Crippen LogP) is 1.21. The third kappa shape index (κ3) is 2.72. The lowest BCUT2D eigenvalue weighted by Gasteiger charge is -2.26. The maximum Gasteiger partial charge on any atom is 0.407 e. The number of nitrogens with one attached hydrogen (secondary N) is 1. The number of rotatable bonds is 1. The fraction of sp³-hybridized carbons (Fsp3) is 1.00. The summed E-state index contributed by atoms with van der Waals surface area (Å²) in [5.74, 6) is 4.62. The molecule has 0 heterocycles. The Kier molecular flexibility index (Phi) is 4.31.